The van der Waals surface area contributed by atoms with Crippen LogP contribution in [0.25, 0.3) is 43.1 Å². The molecule has 0 aliphatic carbocycles. The minimum absolute atomic E-state index is 0.161. The number of amides is 4. The van der Waals surface area contributed by atoms with Crippen LogP contribution in [0.1, 0.15) is 113 Å². The maximum Gasteiger partial charge on any atom is 0.261 e. The molecule has 2 aliphatic heterocycles. The van der Waals surface area contributed by atoms with Gasteiger partial charge >= 0.3 is 0 Å². The summed E-state index contributed by atoms with van der Waals surface area (Å²) in [4.78, 5) is 56.9. The third-order valence-corrected chi connectivity index (χ3v) is 9.89. The van der Waals surface area contributed by atoms with Gasteiger partial charge in [0.1, 0.15) is 0 Å². The highest BCUT2D eigenvalue weighted by Crippen LogP contribution is 2.46. The molecule has 0 fully saturated rings. The van der Waals surface area contributed by atoms with Crippen molar-refractivity contribution in [1.82, 2.24) is 9.80 Å². The molecule has 7 rings (SSSR count). The Kier molecular flexibility index (Phi) is 7.74. The lowest BCUT2D eigenvalue weighted by Crippen LogP contribution is -2.43. The number of unbranched alkanes of at least 4 members (excludes halogenated alkanes) is 9. The second kappa shape index (κ2) is 11.9. The summed E-state index contributed by atoms with van der Waals surface area (Å²) in [5, 5.41) is 6.65. The maximum atomic E-state index is 13.8. The van der Waals surface area contributed by atoms with Gasteiger partial charge in [0.05, 0.1) is 0 Å². The van der Waals surface area contributed by atoms with Crippen molar-refractivity contribution in [3.63, 3.8) is 0 Å². The molecule has 5 aromatic carbocycles. The smallest absolute Gasteiger partial charge is 0.261 e. The predicted molar refractivity (Wildman–Crippen MR) is 179 cm³/mol. The lowest BCUT2D eigenvalue weighted by atomic mass is 9.82. The minimum atomic E-state index is -0.337. The van der Waals surface area contributed by atoms with Gasteiger partial charge in [0, 0.05) is 52.7 Å². The van der Waals surface area contributed by atoms with E-state index in [1.165, 1.54) is 54.7 Å². The van der Waals surface area contributed by atoms with Gasteiger partial charge in [-0.05, 0) is 63.0 Å². The van der Waals surface area contributed by atoms with Crippen molar-refractivity contribution in [3.05, 3.63) is 70.8 Å². The minimum Gasteiger partial charge on any atom is -0.329 e. The molecule has 230 valence electrons. The average molecular weight is 602 g/mol. The topological polar surface area (TPSA) is 101 Å². The third-order valence-electron chi connectivity index (χ3n) is 9.89. The SMILES string of the molecule is CCCCCCCCCCCCN1C(=O)c2ccc3c4ccc5c6c(ccc(c7ccc(c2c37)C1=O)c64)C(=O)N(CCN)C5=O. The first-order chi connectivity index (χ1) is 22.0. The second-order valence-corrected chi connectivity index (χ2v) is 12.6. The van der Waals surface area contributed by atoms with Crippen LogP contribution < -0.4 is 5.73 Å². The standard InChI is InChI=1S/C38H39N3O4/c1-2-3-4-5-6-7-8-9-10-11-21-40-35(42)27-16-12-23-25-14-18-29-34-30(38(45)41(22-20-39)37(29)44)19-15-26(32(25)34)24-13-17-28(36(40)43)33(27)31(23)24/h12-19H,2-11,20-22,39H2,1H3. The molecule has 0 saturated heterocycles. The zero-order valence-corrected chi connectivity index (χ0v) is 25.9. The van der Waals surface area contributed by atoms with Crippen molar-refractivity contribution in [3.8, 4) is 0 Å². The predicted octanol–water partition coefficient (Wildman–Crippen LogP) is 7.81. The molecule has 2 heterocycles. The molecule has 0 saturated carbocycles. The molecule has 7 nitrogen and oxygen atoms in total. The van der Waals surface area contributed by atoms with Crippen LogP contribution in [0.15, 0.2) is 48.5 Å². The molecule has 0 bridgehead atoms. The van der Waals surface area contributed by atoms with Gasteiger partial charge in [0.25, 0.3) is 23.6 Å². The number of fused-ring (bicyclic) bond motifs is 2. The van der Waals surface area contributed by atoms with E-state index in [1.807, 2.05) is 36.4 Å². The van der Waals surface area contributed by atoms with Gasteiger partial charge in [-0.2, -0.15) is 0 Å². The Morgan fingerprint density at radius 2 is 0.778 bits per heavy atom. The lowest BCUT2D eigenvalue weighted by Gasteiger charge is -2.30. The van der Waals surface area contributed by atoms with Gasteiger partial charge in [-0.3, -0.25) is 29.0 Å². The van der Waals surface area contributed by atoms with E-state index in [0.29, 0.717) is 39.6 Å². The Morgan fingerprint density at radius 3 is 1.13 bits per heavy atom. The Bertz CT molecular complexity index is 1890. The van der Waals surface area contributed by atoms with Crippen LogP contribution in [-0.2, 0) is 0 Å². The fourth-order valence-electron chi connectivity index (χ4n) is 7.66. The maximum absolute atomic E-state index is 13.8. The molecule has 0 radical (unpaired) electrons. The monoisotopic (exact) mass is 601 g/mol. The van der Waals surface area contributed by atoms with Gasteiger partial charge in [-0.25, -0.2) is 0 Å². The van der Waals surface area contributed by atoms with Gasteiger partial charge in [0.15, 0.2) is 0 Å². The van der Waals surface area contributed by atoms with Gasteiger partial charge < -0.3 is 5.73 Å². The van der Waals surface area contributed by atoms with Crippen molar-refractivity contribution >= 4 is 66.7 Å². The van der Waals surface area contributed by atoms with Gasteiger partial charge in [-0.1, -0.05) is 89.0 Å². The zero-order chi connectivity index (χ0) is 31.2. The van der Waals surface area contributed by atoms with Crippen LogP contribution in [0.4, 0.5) is 0 Å². The van der Waals surface area contributed by atoms with E-state index in [1.54, 1.807) is 12.1 Å². The van der Waals surface area contributed by atoms with E-state index in [2.05, 4.69) is 6.92 Å². The van der Waals surface area contributed by atoms with Crippen molar-refractivity contribution in [2.75, 3.05) is 19.6 Å². The van der Waals surface area contributed by atoms with E-state index in [0.717, 1.165) is 51.6 Å². The first-order valence-electron chi connectivity index (χ1n) is 16.6. The zero-order valence-electron chi connectivity index (χ0n) is 25.9. The number of carbonyl (C=O) groups is 4. The number of nitrogens with zero attached hydrogens (tertiary/aromatic N) is 2. The molecule has 4 amide bonds. The normalized spacial score (nSPS) is 14.8. The summed E-state index contributed by atoms with van der Waals surface area (Å²) in [6.45, 7) is 3.02. The molecule has 0 spiro atoms. The molecule has 5 aromatic rings. The highest BCUT2D eigenvalue weighted by Gasteiger charge is 2.36. The highest BCUT2D eigenvalue weighted by atomic mass is 16.2. The van der Waals surface area contributed by atoms with Crippen LogP contribution in [0.3, 0.4) is 0 Å². The second-order valence-electron chi connectivity index (χ2n) is 12.6. The van der Waals surface area contributed by atoms with Gasteiger partial charge in [-0.15, -0.1) is 0 Å². The molecule has 0 atom stereocenters. The Labute approximate surface area is 262 Å². The largest absolute Gasteiger partial charge is 0.329 e. The fraction of sp³-hybridized carbons (Fsp3) is 0.368. The van der Waals surface area contributed by atoms with E-state index in [-0.39, 0.29) is 36.7 Å². The molecule has 2 aliphatic rings. The Morgan fingerprint density at radius 1 is 0.444 bits per heavy atom. The summed E-state index contributed by atoms with van der Waals surface area (Å²) < 4.78 is 0. The molecule has 2 N–H and O–H groups in total. The van der Waals surface area contributed by atoms with Crippen molar-refractivity contribution in [2.45, 2.75) is 71.1 Å². The number of nitrogens with two attached hydrogens (primary N) is 1. The molecule has 7 heteroatoms. The van der Waals surface area contributed by atoms with Crippen LogP contribution >= 0.6 is 0 Å². The van der Waals surface area contributed by atoms with Gasteiger partial charge in [0.2, 0.25) is 0 Å². The van der Waals surface area contributed by atoms with E-state index in [9.17, 15) is 19.2 Å². The lowest BCUT2D eigenvalue weighted by molar-refractivity contribution is 0.0595. The summed E-state index contributed by atoms with van der Waals surface area (Å²) in [7, 11) is 0. The third kappa shape index (κ3) is 4.59. The summed E-state index contributed by atoms with van der Waals surface area (Å²) in [6.07, 6.45) is 11.9. The molecule has 0 unspecified atom stereocenters. The van der Waals surface area contributed by atoms with Crippen LogP contribution in [0.5, 0.6) is 0 Å². The number of hydrogen-bond acceptors (Lipinski definition) is 5. The first-order valence-corrected chi connectivity index (χ1v) is 16.6. The van der Waals surface area contributed by atoms with Crippen LogP contribution in [0.2, 0.25) is 0 Å². The number of benzene rings is 5. The van der Waals surface area contributed by atoms with Crippen molar-refractivity contribution in [2.24, 2.45) is 5.73 Å². The average Bonchev–Trinajstić information content (AvgIpc) is 3.05. The van der Waals surface area contributed by atoms with E-state index in [4.69, 9.17) is 5.73 Å². The summed E-state index contributed by atoms with van der Waals surface area (Å²) >= 11 is 0. The summed E-state index contributed by atoms with van der Waals surface area (Å²) in [6, 6.07) is 15.0. The quantitative estimate of drug-likeness (QED) is 0.0642. The first kappa shape index (κ1) is 29.4. The number of carbonyl (C=O) groups excluding carboxylic acids is 4. The van der Waals surface area contributed by atoms with E-state index >= 15 is 0 Å². The molecular weight excluding hydrogens is 562 g/mol. The molecular formula is C38H39N3O4. The van der Waals surface area contributed by atoms with Crippen LogP contribution in [-0.4, -0.2) is 53.1 Å². The fourth-order valence-corrected chi connectivity index (χ4v) is 7.66. The summed E-state index contributed by atoms with van der Waals surface area (Å²) in [5.74, 6) is -1.15. The number of hydrogen-bond donors (Lipinski definition) is 1. The number of rotatable bonds is 13. The molecule has 45 heavy (non-hydrogen) atoms. The summed E-state index contributed by atoms with van der Waals surface area (Å²) in [5.41, 5.74) is 7.78. The van der Waals surface area contributed by atoms with Crippen LogP contribution in [0, 0.1) is 0 Å². The Hall–Kier alpha value is -4.36. The molecule has 0 aromatic heterocycles. The highest BCUT2D eigenvalue weighted by molar-refractivity contribution is 6.41. The Balaban J connectivity index is 1.21. The number of imide groups is 2. The van der Waals surface area contributed by atoms with Crippen molar-refractivity contribution in [1.29, 1.82) is 0 Å². The van der Waals surface area contributed by atoms with Crippen molar-refractivity contribution < 1.29 is 19.2 Å². The van der Waals surface area contributed by atoms with E-state index < -0.39 is 0 Å².